The predicted octanol–water partition coefficient (Wildman–Crippen LogP) is 16.5. The Kier molecular flexibility index (Phi) is 8.43. The molecule has 10 aromatic rings. The second kappa shape index (κ2) is 14.1. The van der Waals surface area contributed by atoms with Crippen LogP contribution in [0, 0.1) is 0 Å². The lowest BCUT2D eigenvalue weighted by atomic mass is 9.82. The summed E-state index contributed by atoms with van der Waals surface area (Å²) >= 11 is 1.87. The zero-order valence-corrected chi connectivity index (χ0v) is 33.9. The maximum Gasteiger partial charge on any atom is 0.0467 e. The summed E-state index contributed by atoms with van der Waals surface area (Å²) in [5, 5.41) is 2.65. The molecule has 280 valence electrons. The highest BCUT2D eigenvalue weighted by Crippen LogP contribution is 2.50. The lowest BCUT2D eigenvalue weighted by Crippen LogP contribution is -2.14. The monoisotopic (exact) mass is 771 g/mol. The van der Waals surface area contributed by atoms with Crippen molar-refractivity contribution >= 4 is 48.6 Å². The van der Waals surface area contributed by atoms with Crippen molar-refractivity contribution in [3.8, 4) is 55.6 Å². The van der Waals surface area contributed by atoms with Crippen molar-refractivity contribution in [2.75, 3.05) is 4.90 Å². The van der Waals surface area contributed by atoms with Crippen molar-refractivity contribution < 1.29 is 0 Å². The molecule has 0 aliphatic heterocycles. The molecular weight excluding hydrogens is 731 g/mol. The summed E-state index contributed by atoms with van der Waals surface area (Å²) in [5.74, 6) is 0. The van der Waals surface area contributed by atoms with Crippen LogP contribution < -0.4 is 4.90 Å². The first-order valence-electron chi connectivity index (χ1n) is 20.4. The number of benzene rings is 9. The van der Waals surface area contributed by atoms with E-state index < -0.39 is 0 Å². The molecule has 0 spiro atoms. The van der Waals surface area contributed by atoms with Gasteiger partial charge in [-0.05, 0) is 127 Å². The lowest BCUT2D eigenvalue weighted by Gasteiger charge is -2.27. The number of fused-ring (bicyclic) bond motifs is 6. The molecule has 0 N–H and O–H groups in total. The fourth-order valence-corrected chi connectivity index (χ4v) is 10.4. The summed E-state index contributed by atoms with van der Waals surface area (Å²) in [6.07, 6.45) is 0. The number of thiophene rings is 1. The molecule has 0 saturated heterocycles. The maximum absolute atomic E-state index is 2.39. The van der Waals surface area contributed by atoms with Crippen molar-refractivity contribution in [3.63, 3.8) is 0 Å². The highest BCUT2D eigenvalue weighted by molar-refractivity contribution is 7.25. The molecule has 1 aliphatic carbocycles. The van der Waals surface area contributed by atoms with Crippen molar-refractivity contribution in [2.45, 2.75) is 19.3 Å². The molecule has 1 aliphatic rings. The van der Waals surface area contributed by atoms with E-state index in [0.717, 1.165) is 17.1 Å². The van der Waals surface area contributed by atoms with E-state index in [1.807, 2.05) is 11.3 Å². The van der Waals surface area contributed by atoms with Gasteiger partial charge in [-0.15, -0.1) is 11.3 Å². The van der Waals surface area contributed by atoms with Crippen LogP contribution in [0.1, 0.15) is 25.0 Å². The minimum Gasteiger partial charge on any atom is -0.310 e. The molecule has 0 bridgehead atoms. The van der Waals surface area contributed by atoms with Gasteiger partial charge < -0.3 is 4.90 Å². The van der Waals surface area contributed by atoms with Gasteiger partial charge in [0.05, 0.1) is 0 Å². The van der Waals surface area contributed by atoms with Crippen molar-refractivity contribution in [1.29, 1.82) is 0 Å². The minimum atomic E-state index is -0.00744. The normalized spacial score (nSPS) is 12.7. The molecule has 2 heteroatoms. The highest BCUT2D eigenvalue weighted by Gasteiger charge is 2.35. The Balaban J connectivity index is 0.996. The molecule has 0 amide bonds. The fourth-order valence-electron chi connectivity index (χ4n) is 9.31. The number of rotatable bonds is 7. The molecule has 0 fully saturated rings. The van der Waals surface area contributed by atoms with Gasteiger partial charge in [-0.1, -0.05) is 166 Å². The third kappa shape index (κ3) is 6.07. The zero-order valence-electron chi connectivity index (χ0n) is 33.1. The average molecular weight is 772 g/mol. The number of nitrogens with zero attached hydrogens (tertiary/aromatic N) is 1. The molecule has 1 nitrogen and oxygen atoms in total. The van der Waals surface area contributed by atoms with Crippen LogP contribution in [-0.4, -0.2) is 0 Å². The highest BCUT2D eigenvalue weighted by atomic mass is 32.1. The van der Waals surface area contributed by atoms with Crippen LogP contribution >= 0.6 is 11.3 Å². The largest absolute Gasteiger partial charge is 0.310 e. The van der Waals surface area contributed by atoms with E-state index >= 15 is 0 Å². The van der Waals surface area contributed by atoms with Crippen LogP contribution in [0.5, 0.6) is 0 Å². The third-order valence-electron chi connectivity index (χ3n) is 12.3. The van der Waals surface area contributed by atoms with Crippen LogP contribution in [0.25, 0.3) is 75.8 Å². The predicted molar refractivity (Wildman–Crippen MR) is 253 cm³/mol. The van der Waals surface area contributed by atoms with E-state index in [1.165, 1.54) is 86.9 Å². The molecule has 11 rings (SSSR count). The summed E-state index contributed by atoms with van der Waals surface area (Å²) in [5.41, 5.74) is 18.5. The smallest absolute Gasteiger partial charge is 0.0467 e. The van der Waals surface area contributed by atoms with E-state index in [0.29, 0.717) is 0 Å². The van der Waals surface area contributed by atoms with Gasteiger partial charge in [-0.3, -0.25) is 0 Å². The first-order valence-corrected chi connectivity index (χ1v) is 21.2. The Morgan fingerprint density at radius 3 is 1.63 bits per heavy atom. The van der Waals surface area contributed by atoms with Gasteiger partial charge >= 0.3 is 0 Å². The maximum atomic E-state index is 2.39. The van der Waals surface area contributed by atoms with Gasteiger partial charge in [0.25, 0.3) is 0 Å². The molecule has 0 unspecified atom stereocenters. The van der Waals surface area contributed by atoms with Crippen molar-refractivity contribution in [3.05, 3.63) is 223 Å². The second-order valence-corrected chi connectivity index (χ2v) is 17.2. The summed E-state index contributed by atoms with van der Waals surface area (Å²) in [4.78, 5) is 2.39. The minimum absolute atomic E-state index is 0.00744. The molecule has 59 heavy (non-hydrogen) atoms. The van der Waals surface area contributed by atoms with Gasteiger partial charge in [0.2, 0.25) is 0 Å². The number of hydrogen-bond acceptors (Lipinski definition) is 2. The van der Waals surface area contributed by atoms with Crippen LogP contribution in [0.2, 0.25) is 0 Å². The van der Waals surface area contributed by atoms with Crippen LogP contribution in [-0.2, 0) is 5.41 Å². The van der Waals surface area contributed by atoms with Gasteiger partial charge in [-0.2, -0.15) is 0 Å². The average Bonchev–Trinajstić information content (AvgIpc) is 3.79. The standard InChI is InChI=1S/C57H41NS/c1-57(2)52-25-8-6-22-49(52)51-37-44(30-33-53(51)57)41-17-10-16-40(34-41)43-19-12-21-47(36-43)58(46-20-11-18-42(35-46)38-14-4-3-5-15-38)45-31-28-39(29-32-45)48-24-13-27-55-56(48)50-23-7-9-26-54(50)59-55/h3-37H,1-2H3. The van der Waals surface area contributed by atoms with Gasteiger partial charge in [0.1, 0.15) is 0 Å². The summed E-state index contributed by atoms with van der Waals surface area (Å²) in [7, 11) is 0. The van der Waals surface area contributed by atoms with Crippen LogP contribution in [0.15, 0.2) is 212 Å². The first kappa shape index (κ1) is 35.2. The molecule has 0 radical (unpaired) electrons. The summed E-state index contributed by atoms with van der Waals surface area (Å²) in [6.45, 7) is 4.68. The summed E-state index contributed by atoms with van der Waals surface area (Å²) < 4.78 is 2.64. The van der Waals surface area contributed by atoms with Crippen LogP contribution in [0.3, 0.4) is 0 Å². The topological polar surface area (TPSA) is 3.24 Å². The van der Waals surface area contributed by atoms with Gasteiger partial charge in [0, 0.05) is 42.6 Å². The molecule has 1 aromatic heterocycles. The van der Waals surface area contributed by atoms with E-state index in [9.17, 15) is 0 Å². The van der Waals surface area contributed by atoms with Gasteiger partial charge in [0.15, 0.2) is 0 Å². The molecule has 0 atom stereocenters. The fraction of sp³-hybridized carbons (Fsp3) is 0.0526. The molecule has 0 saturated carbocycles. The Bertz CT molecular complexity index is 3190. The van der Waals surface area contributed by atoms with E-state index in [4.69, 9.17) is 0 Å². The molecule has 9 aromatic carbocycles. The Morgan fingerprint density at radius 1 is 0.339 bits per heavy atom. The van der Waals surface area contributed by atoms with E-state index in [1.54, 1.807) is 0 Å². The SMILES string of the molecule is CC1(C)c2ccccc2-c2cc(-c3cccc(-c4cccc(N(c5ccc(-c6cccc7sc8ccccc8c67)cc5)c5cccc(-c6ccccc6)c5)c4)c3)ccc21. The zero-order chi connectivity index (χ0) is 39.5. The van der Waals surface area contributed by atoms with Crippen molar-refractivity contribution in [1.82, 2.24) is 0 Å². The first-order chi connectivity index (χ1) is 29.0. The second-order valence-electron chi connectivity index (χ2n) is 16.1. The van der Waals surface area contributed by atoms with Crippen LogP contribution in [0.4, 0.5) is 17.1 Å². The van der Waals surface area contributed by atoms with E-state index in [2.05, 4.69) is 231 Å². The quantitative estimate of drug-likeness (QED) is 0.156. The molecule has 1 heterocycles. The molecular formula is C57H41NS. The van der Waals surface area contributed by atoms with Gasteiger partial charge in [-0.25, -0.2) is 0 Å². The Hall–Kier alpha value is -7.00. The number of anilines is 3. The van der Waals surface area contributed by atoms with E-state index in [-0.39, 0.29) is 5.41 Å². The Morgan fingerprint density at radius 2 is 0.864 bits per heavy atom. The lowest BCUT2D eigenvalue weighted by molar-refractivity contribution is 0.660. The van der Waals surface area contributed by atoms with Crippen molar-refractivity contribution in [2.24, 2.45) is 0 Å². The third-order valence-corrected chi connectivity index (χ3v) is 13.4. The number of hydrogen-bond donors (Lipinski definition) is 0. The Labute approximate surface area is 350 Å². The summed E-state index contributed by atoms with van der Waals surface area (Å²) in [6, 6.07) is 78.0.